The highest BCUT2D eigenvalue weighted by molar-refractivity contribution is 6.42. The number of hydrogen-bond acceptors (Lipinski definition) is 2. The number of ketones is 1. The summed E-state index contributed by atoms with van der Waals surface area (Å²) in [4.78, 5) is 25.5. The number of amides is 1. The van der Waals surface area contributed by atoms with E-state index in [-0.39, 0.29) is 24.0 Å². The van der Waals surface area contributed by atoms with Crippen LogP contribution in [0.4, 0.5) is 0 Å². The van der Waals surface area contributed by atoms with Crippen LogP contribution in [0.2, 0.25) is 20.1 Å². The Labute approximate surface area is 182 Å². The molecular weight excluding hydrogens is 440 g/mol. The van der Waals surface area contributed by atoms with E-state index in [9.17, 15) is 9.59 Å². The topological polar surface area (TPSA) is 46.2 Å². The molecule has 2 unspecified atom stereocenters. The highest BCUT2D eigenvalue weighted by atomic mass is 35.5. The third-order valence-corrected chi connectivity index (χ3v) is 6.88. The zero-order valence-electron chi connectivity index (χ0n) is 14.6. The maximum Gasteiger partial charge on any atom is 0.225 e. The quantitative estimate of drug-likeness (QED) is 0.578. The Kier molecular flexibility index (Phi) is 5.45. The second-order valence-corrected chi connectivity index (χ2v) is 8.64. The monoisotopic (exact) mass is 453 g/mol. The predicted molar refractivity (Wildman–Crippen MR) is 112 cm³/mol. The van der Waals surface area contributed by atoms with Crippen molar-refractivity contribution in [2.75, 3.05) is 0 Å². The molecule has 0 saturated heterocycles. The highest BCUT2D eigenvalue weighted by Crippen LogP contribution is 2.45. The Morgan fingerprint density at radius 2 is 1.64 bits per heavy atom. The van der Waals surface area contributed by atoms with Gasteiger partial charge in [0.2, 0.25) is 5.91 Å². The third kappa shape index (κ3) is 3.57. The summed E-state index contributed by atoms with van der Waals surface area (Å²) >= 11 is 24.7. The first-order valence-electron chi connectivity index (χ1n) is 8.80. The zero-order chi connectivity index (χ0) is 20.0. The summed E-state index contributed by atoms with van der Waals surface area (Å²) in [5.41, 5.74) is 2.91. The predicted octanol–water partition coefficient (Wildman–Crippen LogP) is 6.30. The SMILES string of the molecule is O=C1CC(c2cccc(Cl)c2Cl)C2=C(CC(c3ccc(Cl)c(Cl)c3)CC2=O)N1. The van der Waals surface area contributed by atoms with Crippen LogP contribution in [0.1, 0.15) is 42.2 Å². The molecule has 2 aromatic carbocycles. The van der Waals surface area contributed by atoms with Crippen molar-refractivity contribution >= 4 is 58.1 Å². The number of hydrogen-bond donors (Lipinski definition) is 1. The summed E-state index contributed by atoms with van der Waals surface area (Å²) in [5.74, 6) is -0.604. The van der Waals surface area contributed by atoms with E-state index in [1.54, 1.807) is 24.3 Å². The summed E-state index contributed by atoms with van der Waals surface area (Å²) in [5, 5.41) is 4.60. The lowest BCUT2D eigenvalue weighted by molar-refractivity contribution is -0.122. The normalized spacial score (nSPS) is 22.1. The summed E-state index contributed by atoms with van der Waals surface area (Å²) in [6.45, 7) is 0. The van der Waals surface area contributed by atoms with Crippen LogP contribution >= 0.6 is 46.4 Å². The first kappa shape index (κ1) is 19.8. The summed E-state index contributed by atoms with van der Waals surface area (Å²) < 4.78 is 0. The van der Waals surface area contributed by atoms with Crippen LogP contribution < -0.4 is 5.32 Å². The molecule has 7 heteroatoms. The van der Waals surface area contributed by atoms with E-state index >= 15 is 0 Å². The van der Waals surface area contributed by atoms with E-state index in [2.05, 4.69) is 5.32 Å². The molecule has 144 valence electrons. The number of rotatable bonds is 2. The Morgan fingerprint density at radius 1 is 0.857 bits per heavy atom. The fourth-order valence-corrected chi connectivity index (χ4v) is 4.76. The van der Waals surface area contributed by atoms with Gasteiger partial charge in [-0.2, -0.15) is 0 Å². The number of halogens is 4. The maximum atomic E-state index is 13.1. The summed E-state index contributed by atoms with van der Waals surface area (Å²) in [6.07, 6.45) is 1.04. The van der Waals surface area contributed by atoms with Crippen molar-refractivity contribution in [2.24, 2.45) is 0 Å². The molecule has 1 aliphatic heterocycles. The van der Waals surface area contributed by atoms with E-state index in [1.165, 1.54) is 0 Å². The molecule has 28 heavy (non-hydrogen) atoms. The Hall–Kier alpha value is -1.52. The lowest BCUT2D eigenvalue weighted by Crippen LogP contribution is -2.38. The van der Waals surface area contributed by atoms with Crippen molar-refractivity contribution in [3.05, 3.63) is 78.9 Å². The number of carbonyl (C=O) groups is 2. The second kappa shape index (κ2) is 7.72. The Morgan fingerprint density at radius 3 is 2.39 bits per heavy atom. The van der Waals surface area contributed by atoms with Gasteiger partial charge in [-0.1, -0.05) is 64.6 Å². The third-order valence-electron chi connectivity index (χ3n) is 5.31. The summed E-state index contributed by atoms with van der Waals surface area (Å²) in [6, 6.07) is 10.7. The molecule has 2 aliphatic rings. The highest BCUT2D eigenvalue weighted by Gasteiger charge is 2.39. The van der Waals surface area contributed by atoms with Crippen LogP contribution in [-0.4, -0.2) is 11.7 Å². The molecular formula is C21H15Cl4NO2. The van der Waals surface area contributed by atoms with Gasteiger partial charge in [0.1, 0.15) is 0 Å². The molecule has 0 spiro atoms. The minimum atomic E-state index is -0.391. The van der Waals surface area contributed by atoms with E-state index in [1.807, 2.05) is 12.1 Å². The second-order valence-electron chi connectivity index (χ2n) is 7.04. The van der Waals surface area contributed by atoms with Gasteiger partial charge in [0, 0.05) is 30.0 Å². The molecule has 0 radical (unpaired) electrons. The molecule has 4 rings (SSSR count). The number of Topliss-reactive ketones (excluding diaryl/α,β-unsaturated/α-hetero) is 1. The fourth-order valence-electron chi connectivity index (χ4n) is 4.02. The maximum absolute atomic E-state index is 13.1. The van der Waals surface area contributed by atoms with Gasteiger partial charge in [0.05, 0.1) is 20.1 Å². The van der Waals surface area contributed by atoms with Gasteiger partial charge in [-0.15, -0.1) is 0 Å². The van der Waals surface area contributed by atoms with Crippen LogP contribution in [0.5, 0.6) is 0 Å². The van der Waals surface area contributed by atoms with Gasteiger partial charge in [-0.3, -0.25) is 9.59 Å². The van der Waals surface area contributed by atoms with Crippen LogP contribution in [-0.2, 0) is 9.59 Å². The molecule has 0 bridgehead atoms. The van der Waals surface area contributed by atoms with Crippen LogP contribution in [0, 0.1) is 0 Å². The lowest BCUT2D eigenvalue weighted by atomic mass is 9.73. The van der Waals surface area contributed by atoms with Gasteiger partial charge >= 0.3 is 0 Å². The van der Waals surface area contributed by atoms with Crippen molar-refractivity contribution < 1.29 is 9.59 Å². The van der Waals surface area contributed by atoms with Crippen molar-refractivity contribution in [1.82, 2.24) is 5.32 Å². The van der Waals surface area contributed by atoms with E-state index in [0.29, 0.717) is 49.8 Å². The van der Waals surface area contributed by atoms with Gasteiger partial charge in [-0.05, 0) is 41.7 Å². The minimum absolute atomic E-state index is 0.00151. The van der Waals surface area contributed by atoms with E-state index in [0.717, 1.165) is 5.56 Å². The number of nitrogens with one attached hydrogen (secondary N) is 1. The largest absolute Gasteiger partial charge is 0.329 e. The Balaban J connectivity index is 1.74. The molecule has 0 fully saturated rings. The molecule has 3 nitrogen and oxygen atoms in total. The van der Waals surface area contributed by atoms with Crippen molar-refractivity contribution in [2.45, 2.75) is 31.1 Å². The molecule has 1 aliphatic carbocycles. The molecule has 1 N–H and O–H groups in total. The first-order chi connectivity index (χ1) is 13.3. The fraction of sp³-hybridized carbons (Fsp3) is 0.238. The van der Waals surface area contributed by atoms with Gasteiger partial charge in [-0.25, -0.2) is 0 Å². The first-order valence-corrected chi connectivity index (χ1v) is 10.3. The zero-order valence-corrected chi connectivity index (χ0v) is 17.6. The van der Waals surface area contributed by atoms with Crippen molar-refractivity contribution in [3.8, 4) is 0 Å². The van der Waals surface area contributed by atoms with Gasteiger partial charge < -0.3 is 5.32 Å². The average molecular weight is 455 g/mol. The molecule has 0 aromatic heterocycles. The molecule has 1 amide bonds. The molecule has 2 aromatic rings. The van der Waals surface area contributed by atoms with Crippen molar-refractivity contribution in [3.63, 3.8) is 0 Å². The number of benzene rings is 2. The standard InChI is InChI=1S/C21H15Cl4NO2/c22-14-5-4-10(6-16(14)24)11-7-17-20(18(27)8-11)13(9-19(28)26-17)12-2-1-3-15(23)21(12)25/h1-6,11,13H,7-9H2,(H,26,28). The Bertz CT molecular complexity index is 1030. The average Bonchev–Trinajstić information content (AvgIpc) is 2.65. The van der Waals surface area contributed by atoms with Gasteiger partial charge in [0.15, 0.2) is 5.78 Å². The summed E-state index contributed by atoms with van der Waals surface area (Å²) in [7, 11) is 0. The number of carbonyl (C=O) groups excluding carboxylic acids is 2. The van der Waals surface area contributed by atoms with Crippen LogP contribution in [0.15, 0.2) is 47.7 Å². The smallest absolute Gasteiger partial charge is 0.225 e. The minimum Gasteiger partial charge on any atom is -0.329 e. The van der Waals surface area contributed by atoms with Crippen LogP contribution in [0.3, 0.4) is 0 Å². The molecule has 0 saturated carbocycles. The van der Waals surface area contributed by atoms with E-state index < -0.39 is 5.92 Å². The van der Waals surface area contributed by atoms with Crippen molar-refractivity contribution in [1.29, 1.82) is 0 Å². The van der Waals surface area contributed by atoms with Crippen LogP contribution in [0.25, 0.3) is 0 Å². The van der Waals surface area contributed by atoms with E-state index in [4.69, 9.17) is 46.4 Å². The lowest BCUT2D eigenvalue weighted by Gasteiger charge is -2.35. The number of allylic oxidation sites excluding steroid dienone is 2. The molecule has 1 heterocycles. The molecule has 2 atom stereocenters. The van der Waals surface area contributed by atoms with Gasteiger partial charge in [0.25, 0.3) is 0 Å².